The maximum absolute atomic E-state index is 13.1. The van der Waals surface area contributed by atoms with Crippen molar-refractivity contribution >= 4 is 27.5 Å². The number of carbonyl (C=O) groups excluding carboxylic acids is 3. The molecule has 1 saturated carbocycles. The molecular formula is C20H18N2O5S. The maximum Gasteiger partial charge on any atom is 0.251 e. The van der Waals surface area contributed by atoms with E-state index in [1.165, 1.54) is 37.4 Å². The minimum atomic E-state index is -3.98. The lowest BCUT2D eigenvalue weighted by molar-refractivity contribution is 0.0784. The number of benzene rings is 2. The fraction of sp³-hybridized carbons (Fsp3) is 0.250. The lowest BCUT2D eigenvalue weighted by Crippen LogP contribution is -2.51. The van der Waals surface area contributed by atoms with Crippen LogP contribution in [0.3, 0.4) is 0 Å². The van der Waals surface area contributed by atoms with Gasteiger partial charge in [-0.05, 0) is 37.1 Å². The van der Waals surface area contributed by atoms with Gasteiger partial charge < -0.3 is 5.32 Å². The van der Waals surface area contributed by atoms with Crippen LogP contribution in [-0.2, 0) is 10.0 Å². The summed E-state index contributed by atoms with van der Waals surface area (Å²) in [5.41, 5.74) is 0.414. The zero-order valence-electron chi connectivity index (χ0n) is 15.1. The second kappa shape index (κ2) is 6.65. The summed E-state index contributed by atoms with van der Waals surface area (Å²) >= 11 is 0. The molecule has 144 valence electrons. The van der Waals surface area contributed by atoms with Crippen LogP contribution in [0.15, 0.2) is 53.4 Å². The van der Waals surface area contributed by atoms with Gasteiger partial charge in [0.1, 0.15) is 0 Å². The van der Waals surface area contributed by atoms with Gasteiger partial charge in [-0.1, -0.05) is 24.3 Å². The number of nitrogens with zero attached hydrogens (tertiary/aromatic N) is 1. The van der Waals surface area contributed by atoms with Crippen LogP contribution in [0.25, 0.3) is 0 Å². The molecule has 4 rings (SSSR count). The van der Waals surface area contributed by atoms with Crippen molar-refractivity contribution in [3.63, 3.8) is 0 Å². The summed E-state index contributed by atoms with van der Waals surface area (Å²) < 4.78 is 26.3. The molecule has 1 heterocycles. The minimum Gasteiger partial charge on any atom is -0.349 e. The summed E-state index contributed by atoms with van der Waals surface area (Å²) in [5, 5.41) is 2.84. The van der Waals surface area contributed by atoms with Crippen LogP contribution in [0.1, 0.15) is 43.9 Å². The number of nitrogens with one attached hydrogen (secondary N) is 1. The molecule has 28 heavy (non-hydrogen) atoms. The smallest absolute Gasteiger partial charge is 0.251 e. The van der Waals surface area contributed by atoms with Crippen LogP contribution in [0.2, 0.25) is 0 Å². The number of sulfonamides is 1. The largest absolute Gasteiger partial charge is 0.349 e. The zero-order valence-corrected chi connectivity index (χ0v) is 15.9. The fourth-order valence-electron chi connectivity index (χ4n) is 3.25. The van der Waals surface area contributed by atoms with E-state index in [1.807, 2.05) is 0 Å². The average molecular weight is 398 g/mol. The first kappa shape index (κ1) is 18.5. The van der Waals surface area contributed by atoms with Crippen molar-refractivity contribution in [3.05, 3.63) is 65.2 Å². The molecule has 2 aromatic rings. The third kappa shape index (κ3) is 3.04. The van der Waals surface area contributed by atoms with Crippen LogP contribution in [0, 0.1) is 0 Å². The van der Waals surface area contributed by atoms with Crippen LogP contribution in [-0.4, -0.2) is 49.3 Å². The molecule has 1 fully saturated rings. The topological polar surface area (TPSA) is 101 Å². The number of rotatable bonds is 4. The van der Waals surface area contributed by atoms with Crippen molar-refractivity contribution < 1.29 is 22.8 Å². The van der Waals surface area contributed by atoms with Gasteiger partial charge >= 0.3 is 0 Å². The van der Waals surface area contributed by atoms with Gasteiger partial charge in [-0.25, -0.2) is 8.42 Å². The Morgan fingerprint density at radius 3 is 2.43 bits per heavy atom. The molecule has 1 unspecified atom stereocenters. The predicted molar refractivity (Wildman–Crippen MR) is 101 cm³/mol. The Morgan fingerprint density at radius 2 is 1.71 bits per heavy atom. The van der Waals surface area contributed by atoms with Gasteiger partial charge in [-0.3, -0.25) is 14.4 Å². The maximum atomic E-state index is 13.1. The fourth-order valence-corrected chi connectivity index (χ4v) is 4.73. The SMILES string of the molecule is CN1C(C(=O)c2cccc(C(=O)NC3CC3)c2)C(=O)c2ccccc2S1(=O)=O. The van der Waals surface area contributed by atoms with Gasteiger partial charge in [-0.2, -0.15) is 4.31 Å². The number of Topliss-reactive ketones (excluding diaryl/α,β-unsaturated/α-hetero) is 2. The molecule has 1 N–H and O–H groups in total. The summed E-state index contributed by atoms with van der Waals surface area (Å²) in [5.74, 6) is -1.53. The molecule has 0 radical (unpaired) electrons. The van der Waals surface area contributed by atoms with Crippen molar-refractivity contribution in [2.45, 2.75) is 29.8 Å². The average Bonchev–Trinajstić information content (AvgIpc) is 3.51. The third-order valence-corrected chi connectivity index (χ3v) is 6.87. The van der Waals surface area contributed by atoms with Crippen LogP contribution < -0.4 is 5.32 Å². The van der Waals surface area contributed by atoms with Crippen molar-refractivity contribution in [1.29, 1.82) is 0 Å². The Labute approximate surface area is 162 Å². The number of hydrogen-bond donors (Lipinski definition) is 1. The van der Waals surface area contributed by atoms with Gasteiger partial charge in [0.2, 0.25) is 10.0 Å². The predicted octanol–water partition coefficient (Wildman–Crippen LogP) is 1.65. The number of amides is 1. The third-order valence-electron chi connectivity index (χ3n) is 4.99. The molecule has 2 aliphatic rings. The van der Waals surface area contributed by atoms with Gasteiger partial charge in [-0.15, -0.1) is 0 Å². The highest BCUT2D eigenvalue weighted by atomic mass is 32.2. The van der Waals surface area contributed by atoms with Gasteiger partial charge in [0.15, 0.2) is 17.6 Å². The Bertz CT molecular complexity index is 1110. The molecule has 8 heteroatoms. The Morgan fingerprint density at radius 1 is 1.04 bits per heavy atom. The molecule has 1 aliphatic heterocycles. The highest BCUT2D eigenvalue weighted by Gasteiger charge is 2.45. The van der Waals surface area contributed by atoms with Crippen LogP contribution in [0.4, 0.5) is 0 Å². The van der Waals surface area contributed by atoms with E-state index < -0.39 is 27.6 Å². The van der Waals surface area contributed by atoms with E-state index in [9.17, 15) is 22.8 Å². The summed E-state index contributed by atoms with van der Waals surface area (Å²) in [6.45, 7) is 0. The normalized spacial score (nSPS) is 21.0. The molecule has 0 aromatic heterocycles. The Balaban J connectivity index is 1.70. The van der Waals surface area contributed by atoms with Crippen molar-refractivity contribution in [2.24, 2.45) is 0 Å². The Kier molecular flexibility index (Phi) is 4.40. The first-order valence-electron chi connectivity index (χ1n) is 8.87. The molecule has 7 nitrogen and oxygen atoms in total. The first-order valence-corrected chi connectivity index (χ1v) is 10.3. The van der Waals surface area contributed by atoms with E-state index in [4.69, 9.17) is 0 Å². The molecule has 2 aromatic carbocycles. The van der Waals surface area contributed by atoms with Crippen molar-refractivity contribution in [3.8, 4) is 0 Å². The number of ketones is 2. The number of likely N-dealkylation sites (N-methyl/N-ethyl adjacent to an activating group) is 1. The molecule has 1 atom stereocenters. The van der Waals surface area contributed by atoms with Crippen LogP contribution >= 0.6 is 0 Å². The standard InChI is InChI=1S/C20H18N2O5S/c1-22-17(19(24)15-7-2-3-8-16(15)28(22,26)27)18(23)12-5-4-6-13(11-12)20(25)21-14-9-10-14/h2-8,11,14,17H,9-10H2,1H3,(H,21,25). The second-order valence-electron chi connectivity index (χ2n) is 6.98. The van der Waals surface area contributed by atoms with Crippen molar-refractivity contribution in [2.75, 3.05) is 7.05 Å². The van der Waals surface area contributed by atoms with E-state index in [2.05, 4.69) is 5.32 Å². The molecular weight excluding hydrogens is 380 g/mol. The summed E-state index contributed by atoms with van der Waals surface area (Å²) in [6, 6.07) is 10.5. The molecule has 0 saturated heterocycles. The quantitative estimate of drug-likeness (QED) is 0.623. The molecule has 0 bridgehead atoms. The monoisotopic (exact) mass is 398 g/mol. The van der Waals surface area contributed by atoms with Gasteiger partial charge in [0, 0.05) is 29.8 Å². The van der Waals surface area contributed by atoms with E-state index in [1.54, 1.807) is 18.2 Å². The molecule has 1 amide bonds. The van der Waals surface area contributed by atoms with Crippen molar-refractivity contribution in [1.82, 2.24) is 9.62 Å². The lowest BCUT2D eigenvalue weighted by Gasteiger charge is -2.31. The number of fused-ring (bicyclic) bond motifs is 1. The molecule has 1 aliphatic carbocycles. The van der Waals surface area contributed by atoms with E-state index in [0.29, 0.717) is 5.56 Å². The highest BCUT2D eigenvalue weighted by molar-refractivity contribution is 7.89. The summed E-state index contributed by atoms with van der Waals surface area (Å²) in [4.78, 5) is 38.1. The van der Waals surface area contributed by atoms with Gasteiger partial charge in [0.05, 0.1) is 4.90 Å². The summed E-state index contributed by atoms with van der Waals surface area (Å²) in [6.07, 6.45) is 1.87. The summed E-state index contributed by atoms with van der Waals surface area (Å²) in [7, 11) is -2.76. The van der Waals surface area contributed by atoms with Gasteiger partial charge in [0.25, 0.3) is 5.91 Å². The number of carbonyl (C=O) groups is 3. The zero-order chi connectivity index (χ0) is 20.1. The number of hydrogen-bond acceptors (Lipinski definition) is 5. The Hall–Kier alpha value is -2.84. The van der Waals surface area contributed by atoms with E-state index in [0.717, 1.165) is 17.1 Å². The molecule has 0 spiro atoms. The minimum absolute atomic E-state index is 0.00146. The van der Waals surface area contributed by atoms with Crippen LogP contribution in [0.5, 0.6) is 0 Å². The highest BCUT2D eigenvalue weighted by Crippen LogP contribution is 2.30. The van der Waals surface area contributed by atoms with E-state index in [-0.39, 0.29) is 28.0 Å². The first-order chi connectivity index (χ1) is 13.3. The van der Waals surface area contributed by atoms with E-state index >= 15 is 0 Å². The lowest BCUT2D eigenvalue weighted by atomic mass is 9.95. The second-order valence-corrected chi connectivity index (χ2v) is 8.94.